The van der Waals surface area contributed by atoms with Gasteiger partial charge in [-0.3, -0.25) is 0 Å². The number of piperidine rings is 1. The van der Waals surface area contributed by atoms with Gasteiger partial charge in [0.15, 0.2) is 0 Å². The zero-order valence-corrected chi connectivity index (χ0v) is 13.5. The summed E-state index contributed by atoms with van der Waals surface area (Å²) >= 11 is 0. The molecule has 0 saturated carbocycles. The first kappa shape index (κ1) is 17.5. The van der Waals surface area contributed by atoms with Crippen LogP contribution in [0.4, 0.5) is 9.18 Å². The third-order valence-corrected chi connectivity index (χ3v) is 4.10. The minimum absolute atomic E-state index is 0.115. The Balaban J connectivity index is 1.81. The Hall–Kier alpha value is -1.82. The molecule has 2 atom stereocenters. The van der Waals surface area contributed by atoms with Gasteiger partial charge in [-0.25, -0.2) is 9.18 Å². The predicted octanol–water partition coefficient (Wildman–Crippen LogP) is 2.40. The Kier molecular flexibility index (Phi) is 6.65. The van der Waals surface area contributed by atoms with Crippen LogP contribution in [0, 0.1) is 11.7 Å². The number of rotatable bonds is 6. The van der Waals surface area contributed by atoms with Gasteiger partial charge < -0.3 is 20.1 Å². The summed E-state index contributed by atoms with van der Waals surface area (Å²) in [5.74, 6) is 0.286. The SMILES string of the molecule is CC[C@H](CNC(=O)N1CCC[C@H](CO)C1)Oc1cccc(F)c1. The van der Waals surface area contributed by atoms with Crippen molar-refractivity contribution in [1.29, 1.82) is 0 Å². The number of halogens is 1. The van der Waals surface area contributed by atoms with Gasteiger partial charge in [0, 0.05) is 25.8 Å². The molecule has 1 aliphatic heterocycles. The number of amides is 2. The first-order chi connectivity index (χ1) is 11.1. The zero-order chi connectivity index (χ0) is 16.7. The van der Waals surface area contributed by atoms with E-state index < -0.39 is 0 Å². The van der Waals surface area contributed by atoms with Crippen LogP contribution in [0.5, 0.6) is 5.75 Å². The van der Waals surface area contributed by atoms with E-state index in [9.17, 15) is 14.3 Å². The van der Waals surface area contributed by atoms with Crippen molar-refractivity contribution in [3.8, 4) is 5.75 Å². The van der Waals surface area contributed by atoms with Gasteiger partial charge in [0.25, 0.3) is 0 Å². The minimum atomic E-state index is -0.343. The van der Waals surface area contributed by atoms with Gasteiger partial charge in [-0.2, -0.15) is 0 Å². The lowest BCUT2D eigenvalue weighted by atomic mass is 9.99. The number of benzene rings is 1. The average Bonchev–Trinajstić information content (AvgIpc) is 2.58. The van der Waals surface area contributed by atoms with Crippen LogP contribution >= 0.6 is 0 Å². The van der Waals surface area contributed by atoms with Crippen LogP contribution in [0.15, 0.2) is 24.3 Å². The number of urea groups is 1. The molecule has 5 nitrogen and oxygen atoms in total. The molecule has 0 spiro atoms. The second-order valence-corrected chi connectivity index (χ2v) is 5.93. The molecule has 0 aromatic heterocycles. The number of carbonyl (C=O) groups is 1. The van der Waals surface area contributed by atoms with Gasteiger partial charge in [0.05, 0.1) is 6.54 Å². The lowest BCUT2D eigenvalue weighted by Gasteiger charge is -2.32. The van der Waals surface area contributed by atoms with Crippen molar-refractivity contribution in [2.75, 3.05) is 26.2 Å². The molecule has 0 bridgehead atoms. The summed E-state index contributed by atoms with van der Waals surface area (Å²) in [4.78, 5) is 13.9. The molecule has 0 aliphatic carbocycles. The summed E-state index contributed by atoms with van der Waals surface area (Å²) in [5.41, 5.74) is 0. The van der Waals surface area contributed by atoms with Gasteiger partial charge in [0.1, 0.15) is 17.7 Å². The molecule has 2 rings (SSSR count). The zero-order valence-electron chi connectivity index (χ0n) is 13.5. The number of nitrogens with one attached hydrogen (secondary N) is 1. The van der Waals surface area contributed by atoms with Crippen molar-refractivity contribution in [1.82, 2.24) is 10.2 Å². The fourth-order valence-corrected chi connectivity index (χ4v) is 2.71. The van der Waals surface area contributed by atoms with E-state index in [4.69, 9.17) is 4.74 Å². The number of likely N-dealkylation sites (tertiary alicyclic amines) is 1. The molecule has 6 heteroatoms. The monoisotopic (exact) mass is 324 g/mol. The van der Waals surface area contributed by atoms with E-state index in [-0.39, 0.29) is 30.5 Å². The van der Waals surface area contributed by atoms with Gasteiger partial charge in [-0.05, 0) is 37.3 Å². The largest absolute Gasteiger partial charge is 0.489 e. The summed E-state index contributed by atoms with van der Waals surface area (Å²) in [6.45, 7) is 3.74. The van der Waals surface area contributed by atoms with E-state index >= 15 is 0 Å². The van der Waals surface area contributed by atoms with E-state index in [0.717, 1.165) is 12.8 Å². The van der Waals surface area contributed by atoms with E-state index in [1.807, 2.05) is 6.92 Å². The molecule has 1 aliphatic rings. The molecule has 1 fully saturated rings. The van der Waals surface area contributed by atoms with Crippen molar-refractivity contribution < 1.29 is 19.0 Å². The van der Waals surface area contributed by atoms with Crippen LogP contribution in [-0.4, -0.2) is 48.4 Å². The van der Waals surface area contributed by atoms with Crippen molar-refractivity contribution in [2.45, 2.75) is 32.3 Å². The Labute approximate surface area is 136 Å². The number of hydrogen-bond donors (Lipinski definition) is 2. The van der Waals surface area contributed by atoms with Crippen LogP contribution < -0.4 is 10.1 Å². The molecule has 2 amide bonds. The van der Waals surface area contributed by atoms with E-state index in [1.54, 1.807) is 17.0 Å². The van der Waals surface area contributed by atoms with Crippen LogP contribution in [0.1, 0.15) is 26.2 Å². The maximum Gasteiger partial charge on any atom is 0.317 e. The van der Waals surface area contributed by atoms with Crippen molar-refractivity contribution in [3.05, 3.63) is 30.1 Å². The van der Waals surface area contributed by atoms with Gasteiger partial charge in [-0.15, -0.1) is 0 Å². The number of nitrogens with zero attached hydrogens (tertiary/aromatic N) is 1. The van der Waals surface area contributed by atoms with Gasteiger partial charge >= 0.3 is 6.03 Å². The number of hydrogen-bond acceptors (Lipinski definition) is 3. The number of ether oxygens (including phenoxy) is 1. The number of aliphatic hydroxyl groups is 1. The molecule has 1 saturated heterocycles. The second-order valence-electron chi connectivity index (χ2n) is 5.93. The first-order valence-corrected chi connectivity index (χ1v) is 8.18. The van der Waals surface area contributed by atoms with Crippen molar-refractivity contribution in [3.63, 3.8) is 0 Å². The Morgan fingerprint density at radius 3 is 3.09 bits per heavy atom. The standard InChI is InChI=1S/C17H25FN2O3/c1-2-15(23-16-7-3-6-14(18)9-16)10-19-17(22)20-8-4-5-13(11-20)12-21/h3,6-7,9,13,15,21H,2,4-5,8,10-12H2,1H3,(H,19,22)/t13-,15+/m0/s1. The minimum Gasteiger partial charge on any atom is -0.489 e. The summed E-state index contributed by atoms with van der Waals surface area (Å²) in [7, 11) is 0. The van der Waals surface area contributed by atoms with E-state index in [0.29, 0.717) is 31.8 Å². The normalized spacial score (nSPS) is 19.3. The van der Waals surface area contributed by atoms with Crippen molar-refractivity contribution >= 4 is 6.03 Å². The summed E-state index contributed by atoms with van der Waals surface area (Å²) < 4.78 is 18.9. The predicted molar refractivity (Wildman–Crippen MR) is 85.9 cm³/mol. The number of carbonyl (C=O) groups excluding carboxylic acids is 1. The lowest BCUT2D eigenvalue weighted by Crippen LogP contribution is -2.48. The number of aliphatic hydroxyl groups excluding tert-OH is 1. The smallest absolute Gasteiger partial charge is 0.317 e. The molecule has 2 N–H and O–H groups in total. The molecule has 23 heavy (non-hydrogen) atoms. The fraction of sp³-hybridized carbons (Fsp3) is 0.588. The molecular formula is C17H25FN2O3. The van der Waals surface area contributed by atoms with E-state index in [2.05, 4.69) is 5.32 Å². The maximum atomic E-state index is 13.2. The molecule has 1 aromatic carbocycles. The van der Waals surface area contributed by atoms with Crippen LogP contribution in [0.25, 0.3) is 0 Å². The molecular weight excluding hydrogens is 299 g/mol. The van der Waals surface area contributed by atoms with Crippen molar-refractivity contribution in [2.24, 2.45) is 5.92 Å². The maximum absolute atomic E-state index is 13.2. The third-order valence-electron chi connectivity index (χ3n) is 4.10. The van der Waals surface area contributed by atoms with E-state index in [1.165, 1.54) is 12.1 Å². The van der Waals surface area contributed by atoms with Crippen LogP contribution in [0.3, 0.4) is 0 Å². The highest BCUT2D eigenvalue weighted by Crippen LogP contribution is 2.16. The lowest BCUT2D eigenvalue weighted by molar-refractivity contribution is 0.125. The Morgan fingerprint density at radius 1 is 1.57 bits per heavy atom. The molecule has 0 unspecified atom stereocenters. The van der Waals surface area contributed by atoms with Crippen LogP contribution in [-0.2, 0) is 0 Å². The third kappa shape index (κ3) is 5.39. The quantitative estimate of drug-likeness (QED) is 0.845. The summed E-state index contributed by atoms with van der Waals surface area (Å²) in [6.07, 6.45) is 2.37. The Morgan fingerprint density at radius 2 is 2.39 bits per heavy atom. The molecule has 128 valence electrons. The second kappa shape index (κ2) is 8.72. The average molecular weight is 324 g/mol. The summed E-state index contributed by atoms with van der Waals surface area (Å²) in [5, 5.41) is 12.1. The molecule has 1 aromatic rings. The van der Waals surface area contributed by atoms with Crippen LogP contribution in [0.2, 0.25) is 0 Å². The van der Waals surface area contributed by atoms with Gasteiger partial charge in [-0.1, -0.05) is 13.0 Å². The fourth-order valence-electron chi connectivity index (χ4n) is 2.71. The highest BCUT2D eigenvalue weighted by atomic mass is 19.1. The van der Waals surface area contributed by atoms with Gasteiger partial charge in [0.2, 0.25) is 0 Å². The Bertz CT molecular complexity index is 512. The topological polar surface area (TPSA) is 61.8 Å². The molecule has 0 radical (unpaired) electrons. The molecule has 1 heterocycles. The first-order valence-electron chi connectivity index (χ1n) is 8.18. The highest BCUT2D eigenvalue weighted by Gasteiger charge is 2.23. The highest BCUT2D eigenvalue weighted by molar-refractivity contribution is 5.74. The summed E-state index contributed by atoms with van der Waals surface area (Å²) in [6, 6.07) is 5.86.